The van der Waals surface area contributed by atoms with Gasteiger partial charge in [0.05, 0.1) is 23.3 Å². The Balaban J connectivity index is 2.11. The highest BCUT2D eigenvalue weighted by Crippen LogP contribution is 2.33. The second kappa shape index (κ2) is 7.74. The van der Waals surface area contributed by atoms with Gasteiger partial charge < -0.3 is 5.11 Å². The summed E-state index contributed by atoms with van der Waals surface area (Å²) >= 11 is 5.98. The van der Waals surface area contributed by atoms with E-state index < -0.39 is 11.7 Å². The number of aryl methyl sites for hydroxylation is 1. The number of benzene rings is 2. The van der Waals surface area contributed by atoms with Crippen LogP contribution in [0.25, 0.3) is 17.0 Å². The zero-order valence-corrected chi connectivity index (χ0v) is 15.3. The van der Waals surface area contributed by atoms with Crippen molar-refractivity contribution in [2.24, 2.45) is 0 Å². The third kappa shape index (κ3) is 4.34. The molecule has 0 fully saturated rings. The molecule has 3 aromatic rings. The van der Waals surface area contributed by atoms with E-state index in [1.807, 2.05) is 19.1 Å². The van der Waals surface area contributed by atoms with E-state index in [2.05, 4.69) is 5.10 Å². The number of nitrogens with zero attached hydrogens (tertiary/aromatic N) is 2. The Hall–Kier alpha value is -2.31. The van der Waals surface area contributed by atoms with E-state index in [1.165, 1.54) is 6.07 Å². The Labute approximate surface area is 159 Å². The lowest BCUT2D eigenvalue weighted by Gasteiger charge is -2.10. The molecule has 3 nitrogen and oxygen atoms in total. The van der Waals surface area contributed by atoms with E-state index in [0.29, 0.717) is 34.6 Å². The predicted molar refractivity (Wildman–Crippen MR) is 101 cm³/mol. The van der Waals surface area contributed by atoms with Crippen molar-refractivity contribution in [2.75, 3.05) is 6.61 Å². The Morgan fingerprint density at radius 1 is 1.19 bits per heavy atom. The van der Waals surface area contributed by atoms with Crippen LogP contribution in [0.15, 0.2) is 42.5 Å². The van der Waals surface area contributed by atoms with Crippen molar-refractivity contribution >= 4 is 28.6 Å². The van der Waals surface area contributed by atoms with Gasteiger partial charge in [0.15, 0.2) is 0 Å². The van der Waals surface area contributed by atoms with Gasteiger partial charge in [0.1, 0.15) is 0 Å². The van der Waals surface area contributed by atoms with Gasteiger partial charge in [-0.3, -0.25) is 4.68 Å². The molecule has 0 aliphatic rings. The molecule has 3 rings (SSSR count). The van der Waals surface area contributed by atoms with Crippen LogP contribution in [0.4, 0.5) is 13.2 Å². The quantitative estimate of drug-likeness (QED) is 0.624. The Morgan fingerprint density at radius 2 is 1.96 bits per heavy atom. The van der Waals surface area contributed by atoms with E-state index in [0.717, 1.165) is 23.3 Å². The molecular formula is C20H18ClF3N2O. The summed E-state index contributed by atoms with van der Waals surface area (Å²) in [5.41, 5.74) is 2.12. The lowest BCUT2D eigenvalue weighted by atomic mass is 10.1. The van der Waals surface area contributed by atoms with Crippen molar-refractivity contribution in [3.8, 4) is 0 Å². The molecule has 1 N–H and O–H groups in total. The van der Waals surface area contributed by atoms with Crippen LogP contribution in [-0.4, -0.2) is 21.5 Å². The summed E-state index contributed by atoms with van der Waals surface area (Å²) in [7, 11) is 0. The maximum atomic E-state index is 13.2. The molecule has 142 valence electrons. The number of aliphatic hydroxyl groups is 1. The fraction of sp³-hybridized carbons (Fsp3) is 0.250. The normalized spacial score (nSPS) is 12.4. The van der Waals surface area contributed by atoms with E-state index in [1.54, 1.807) is 22.9 Å². The lowest BCUT2D eigenvalue weighted by molar-refractivity contribution is -0.137. The highest BCUT2D eigenvalue weighted by molar-refractivity contribution is 6.30. The summed E-state index contributed by atoms with van der Waals surface area (Å²) in [4.78, 5) is 0. The summed E-state index contributed by atoms with van der Waals surface area (Å²) in [6.45, 7) is 2.22. The third-order valence-electron chi connectivity index (χ3n) is 4.30. The van der Waals surface area contributed by atoms with Crippen LogP contribution in [0, 0.1) is 6.92 Å². The number of rotatable bonds is 5. The number of hydrogen-bond donors (Lipinski definition) is 1. The van der Waals surface area contributed by atoms with Gasteiger partial charge in [-0.1, -0.05) is 23.7 Å². The van der Waals surface area contributed by atoms with E-state index in [4.69, 9.17) is 16.7 Å². The van der Waals surface area contributed by atoms with Gasteiger partial charge in [0.2, 0.25) is 0 Å². The number of hydrogen-bond acceptors (Lipinski definition) is 2. The minimum Gasteiger partial charge on any atom is -0.396 e. The first kappa shape index (κ1) is 19.5. The van der Waals surface area contributed by atoms with Crippen LogP contribution in [0.2, 0.25) is 5.02 Å². The zero-order valence-electron chi connectivity index (χ0n) is 14.6. The molecule has 0 spiro atoms. The van der Waals surface area contributed by atoms with Gasteiger partial charge in [-0.2, -0.15) is 18.3 Å². The fourth-order valence-electron chi connectivity index (χ4n) is 2.89. The van der Waals surface area contributed by atoms with Gasteiger partial charge in [-0.05, 0) is 60.9 Å². The molecule has 1 aromatic heterocycles. The van der Waals surface area contributed by atoms with Gasteiger partial charge in [0, 0.05) is 17.0 Å². The van der Waals surface area contributed by atoms with Crippen LogP contribution in [0.3, 0.4) is 0 Å². The maximum Gasteiger partial charge on any atom is 0.416 e. The minimum absolute atomic E-state index is 0.00265. The molecule has 0 radical (unpaired) electrons. The Kier molecular flexibility index (Phi) is 5.58. The average Bonchev–Trinajstić information content (AvgIpc) is 2.94. The first-order valence-corrected chi connectivity index (χ1v) is 8.77. The highest BCUT2D eigenvalue weighted by Gasteiger charge is 2.31. The molecule has 1 heterocycles. The molecule has 0 aliphatic heterocycles. The number of fused-ring (bicyclic) bond motifs is 1. The van der Waals surface area contributed by atoms with Crippen molar-refractivity contribution in [3.63, 3.8) is 0 Å². The molecule has 0 aliphatic carbocycles. The van der Waals surface area contributed by atoms with Gasteiger partial charge in [0.25, 0.3) is 0 Å². The Morgan fingerprint density at radius 3 is 2.63 bits per heavy atom. The van der Waals surface area contributed by atoms with Crippen molar-refractivity contribution in [1.82, 2.24) is 9.78 Å². The monoisotopic (exact) mass is 394 g/mol. The minimum atomic E-state index is -4.42. The summed E-state index contributed by atoms with van der Waals surface area (Å²) in [6, 6.07) is 9.03. The van der Waals surface area contributed by atoms with Crippen molar-refractivity contribution in [1.29, 1.82) is 0 Å². The average molecular weight is 395 g/mol. The molecule has 0 saturated carbocycles. The fourth-order valence-corrected chi connectivity index (χ4v) is 3.11. The molecule has 0 amide bonds. The Bertz CT molecular complexity index is 993. The van der Waals surface area contributed by atoms with Gasteiger partial charge >= 0.3 is 6.18 Å². The molecule has 7 heteroatoms. The molecule has 0 saturated heterocycles. The number of aliphatic hydroxyl groups excluding tert-OH is 1. The summed E-state index contributed by atoms with van der Waals surface area (Å²) in [5, 5.41) is 14.6. The predicted octanol–water partition coefficient (Wildman–Crippen LogP) is 5.46. The maximum absolute atomic E-state index is 13.2. The third-order valence-corrected chi connectivity index (χ3v) is 4.54. The molecule has 0 atom stereocenters. The van der Waals surface area contributed by atoms with E-state index >= 15 is 0 Å². The standard InChI is InChI=1S/C20H18ClF3N2O/c1-13-10-16(21)7-5-14(13)12-26-19-11-15(20(22,23)24)6-8-17(19)18(25-26)4-2-3-9-27/h2,4-8,10-11,27H,3,9,12H2,1H3. The van der Waals surface area contributed by atoms with E-state index in [9.17, 15) is 13.2 Å². The number of alkyl halides is 3. The first-order valence-electron chi connectivity index (χ1n) is 8.40. The number of aromatic nitrogens is 2. The molecule has 27 heavy (non-hydrogen) atoms. The summed E-state index contributed by atoms with van der Waals surface area (Å²) in [6.07, 6.45) is -0.508. The van der Waals surface area contributed by atoms with Gasteiger partial charge in [-0.15, -0.1) is 0 Å². The second-order valence-corrected chi connectivity index (χ2v) is 6.69. The van der Waals surface area contributed by atoms with Crippen LogP contribution < -0.4 is 0 Å². The second-order valence-electron chi connectivity index (χ2n) is 6.26. The van der Waals surface area contributed by atoms with Crippen LogP contribution in [0.5, 0.6) is 0 Å². The SMILES string of the molecule is Cc1cc(Cl)ccc1Cn1nc(C=CCCO)c2ccc(C(F)(F)F)cc21. The van der Waals surface area contributed by atoms with Crippen molar-refractivity contribution < 1.29 is 18.3 Å². The van der Waals surface area contributed by atoms with Crippen LogP contribution in [-0.2, 0) is 12.7 Å². The molecule has 2 aromatic carbocycles. The lowest BCUT2D eigenvalue weighted by Crippen LogP contribution is -2.06. The summed E-state index contributed by atoms with van der Waals surface area (Å²) in [5.74, 6) is 0. The smallest absolute Gasteiger partial charge is 0.396 e. The first-order chi connectivity index (χ1) is 12.8. The topological polar surface area (TPSA) is 38.0 Å². The van der Waals surface area contributed by atoms with E-state index in [-0.39, 0.29) is 6.61 Å². The summed E-state index contributed by atoms with van der Waals surface area (Å²) < 4.78 is 41.0. The zero-order chi connectivity index (χ0) is 19.6. The largest absolute Gasteiger partial charge is 0.416 e. The van der Waals surface area contributed by atoms with Gasteiger partial charge in [-0.25, -0.2) is 0 Å². The van der Waals surface area contributed by atoms with Crippen molar-refractivity contribution in [3.05, 3.63) is 69.9 Å². The van der Waals surface area contributed by atoms with Crippen LogP contribution >= 0.6 is 11.6 Å². The highest BCUT2D eigenvalue weighted by atomic mass is 35.5. The molecular weight excluding hydrogens is 377 g/mol. The molecule has 0 bridgehead atoms. The molecule has 0 unspecified atom stereocenters. The van der Waals surface area contributed by atoms with Crippen LogP contribution in [0.1, 0.15) is 28.8 Å². The number of halogens is 4. The van der Waals surface area contributed by atoms with Crippen molar-refractivity contribution in [2.45, 2.75) is 26.1 Å².